The lowest BCUT2D eigenvalue weighted by atomic mass is 10.0. The summed E-state index contributed by atoms with van der Waals surface area (Å²) in [6.45, 7) is 2.09. The van der Waals surface area contributed by atoms with E-state index in [0.717, 1.165) is 16.3 Å². The van der Waals surface area contributed by atoms with Crippen molar-refractivity contribution in [2.45, 2.75) is 25.9 Å². The summed E-state index contributed by atoms with van der Waals surface area (Å²) >= 11 is 12.9. The summed E-state index contributed by atoms with van der Waals surface area (Å²) in [7, 11) is 0. The Morgan fingerprint density at radius 2 is 1.51 bits per heavy atom. The molecule has 0 radical (unpaired) electrons. The number of nitrogens with one attached hydrogen (secondary N) is 1. The van der Waals surface area contributed by atoms with E-state index in [0.29, 0.717) is 34.3 Å². The summed E-state index contributed by atoms with van der Waals surface area (Å²) in [5, 5.41) is 5.64. The highest BCUT2D eigenvalue weighted by Crippen LogP contribution is 2.28. The minimum absolute atomic E-state index is 0.0604. The van der Waals surface area contributed by atoms with Crippen LogP contribution in [0, 0.1) is 0 Å². The van der Waals surface area contributed by atoms with Crippen molar-refractivity contribution >= 4 is 45.8 Å². The molecule has 0 aliphatic heterocycles. The van der Waals surface area contributed by atoms with Crippen LogP contribution < -0.4 is 10.1 Å². The average molecular weight is 535 g/mol. The van der Waals surface area contributed by atoms with E-state index in [2.05, 4.69) is 5.32 Å². The van der Waals surface area contributed by atoms with Gasteiger partial charge in [0.2, 0.25) is 5.91 Å². The number of amides is 2. The number of hydrogen-bond donors (Lipinski definition) is 1. The van der Waals surface area contributed by atoms with Gasteiger partial charge in [-0.2, -0.15) is 0 Å². The number of rotatable bonds is 10. The van der Waals surface area contributed by atoms with Gasteiger partial charge in [0.15, 0.2) is 6.61 Å². The molecule has 0 fully saturated rings. The Morgan fingerprint density at radius 1 is 0.865 bits per heavy atom. The van der Waals surface area contributed by atoms with E-state index < -0.39 is 6.04 Å². The Bertz CT molecular complexity index is 1350. The first-order valence-corrected chi connectivity index (χ1v) is 12.9. The second-order valence-electron chi connectivity index (χ2n) is 8.59. The fourth-order valence-electron chi connectivity index (χ4n) is 4.24. The molecule has 4 aromatic rings. The van der Waals surface area contributed by atoms with Crippen molar-refractivity contribution in [3.05, 3.63) is 112 Å². The number of hydrogen-bond acceptors (Lipinski definition) is 3. The van der Waals surface area contributed by atoms with Gasteiger partial charge in [0.1, 0.15) is 11.8 Å². The number of nitrogens with zero attached hydrogens (tertiary/aromatic N) is 1. The van der Waals surface area contributed by atoms with Gasteiger partial charge in [-0.3, -0.25) is 9.59 Å². The van der Waals surface area contributed by atoms with Gasteiger partial charge in [-0.15, -0.1) is 0 Å². The van der Waals surface area contributed by atoms with Crippen LogP contribution in [-0.2, 0) is 22.6 Å². The minimum Gasteiger partial charge on any atom is -0.483 e. The number of halogens is 2. The summed E-state index contributed by atoms with van der Waals surface area (Å²) < 4.78 is 6.01. The third kappa shape index (κ3) is 6.62. The first-order chi connectivity index (χ1) is 18.0. The normalized spacial score (nSPS) is 11.6. The smallest absolute Gasteiger partial charge is 0.261 e. The molecule has 37 heavy (non-hydrogen) atoms. The minimum atomic E-state index is -0.793. The Balaban J connectivity index is 1.67. The van der Waals surface area contributed by atoms with Gasteiger partial charge in [0.05, 0.1) is 0 Å². The number of ether oxygens (including phenoxy) is 1. The van der Waals surface area contributed by atoms with Crippen molar-refractivity contribution in [2.75, 3.05) is 13.2 Å². The number of likely N-dealkylation sites (N-methyl/N-ethyl adjacent to an activating group) is 1. The van der Waals surface area contributed by atoms with E-state index in [1.165, 1.54) is 4.90 Å². The molecule has 2 amide bonds. The summed E-state index contributed by atoms with van der Waals surface area (Å²) in [4.78, 5) is 28.6. The summed E-state index contributed by atoms with van der Waals surface area (Å²) in [5.41, 5.74) is 1.50. The number of benzene rings is 4. The van der Waals surface area contributed by atoms with Gasteiger partial charge in [-0.05, 0) is 36.1 Å². The molecule has 4 rings (SSSR count). The van der Waals surface area contributed by atoms with E-state index in [9.17, 15) is 9.59 Å². The van der Waals surface area contributed by atoms with E-state index >= 15 is 0 Å². The molecule has 1 atom stereocenters. The van der Waals surface area contributed by atoms with E-state index in [-0.39, 0.29) is 25.0 Å². The van der Waals surface area contributed by atoms with Crippen LogP contribution in [0.1, 0.15) is 18.1 Å². The fraction of sp³-hybridized carbons (Fsp3) is 0.200. The Labute approximate surface area is 226 Å². The number of carbonyl (C=O) groups excluding carboxylic acids is 2. The zero-order valence-corrected chi connectivity index (χ0v) is 22.0. The van der Waals surface area contributed by atoms with Crippen molar-refractivity contribution in [1.82, 2.24) is 10.2 Å². The highest BCUT2D eigenvalue weighted by atomic mass is 35.5. The molecule has 0 bridgehead atoms. The van der Waals surface area contributed by atoms with Crippen LogP contribution in [0.5, 0.6) is 5.75 Å². The van der Waals surface area contributed by atoms with Crippen LogP contribution in [0.25, 0.3) is 10.8 Å². The van der Waals surface area contributed by atoms with Crippen LogP contribution in [-0.4, -0.2) is 35.9 Å². The van der Waals surface area contributed by atoms with Crippen molar-refractivity contribution in [1.29, 1.82) is 0 Å². The lowest BCUT2D eigenvalue weighted by molar-refractivity contribution is -0.142. The molecular weight excluding hydrogens is 507 g/mol. The van der Waals surface area contributed by atoms with Crippen LogP contribution in [0.3, 0.4) is 0 Å². The highest BCUT2D eigenvalue weighted by molar-refractivity contribution is 6.36. The topological polar surface area (TPSA) is 58.6 Å². The van der Waals surface area contributed by atoms with Crippen molar-refractivity contribution < 1.29 is 14.3 Å². The predicted octanol–water partition coefficient (Wildman–Crippen LogP) is 6.30. The van der Waals surface area contributed by atoms with Gasteiger partial charge in [-0.1, -0.05) is 96.0 Å². The Kier molecular flexibility index (Phi) is 9.04. The van der Waals surface area contributed by atoms with Crippen LogP contribution in [0.2, 0.25) is 10.0 Å². The van der Waals surface area contributed by atoms with Crippen LogP contribution in [0.15, 0.2) is 91.0 Å². The average Bonchev–Trinajstić information content (AvgIpc) is 2.91. The zero-order chi connectivity index (χ0) is 26.2. The third-order valence-electron chi connectivity index (χ3n) is 6.11. The Hall–Kier alpha value is -3.54. The van der Waals surface area contributed by atoms with Gasteiger partial charge in [0, 0.05) is 40.5 Å². The molecule has 0 aromatic heterocycles. The largest absolute Gasteiger partial charge is 0.483 e. The molecule has 0 saturated heterocycles. The maximum Gasteiger partial charge on any atom is 0.261 e. The Morgan fingerprint density at radius 3 is 2.24 bits per heavy atom. The number of fused-ring (bicyclic) bond motifs is 1. The zero-order valence-electron chi connectivity index (χ0n) is 20.5. The fourth-order valence-corrected chi connectivity index (χ4v) is 4.76. The molecule has 190 valence electrons. The first kappa shape index (κ1) is 26.5. The lowest BCUT2D eigenvalue weighted by Crippen LogP contribution is -2.51. The molecule has 0 saturated carbocycles. The maximum absolute atomic E-state index is 13.8. The van der Waals surface area contributed by atoms with Crippen molar-refractivity contribution in [3.8, 4) is 5.75 Å². The molecule has 0 spiro atoms. The van der Waals surface area contributed by atoms with Gasteiger partial charge >= 0.3 is 0 Å². The quantitative estimate of drug-likeness (QED) is 0.259. The predicted molar refractivity (Wildman–Crippen MR) is 149 cm³/mol. The molecule has 0 heterocycles. The molecule has 7 heteroatoms. The summed E-state index contributed by atoms with van der Waals surface area (Å²) in [5.74, 6) is -0.0102. The third-order valence-corrected chi connectivity index (χ3v) is 6.82. The molecular formula is C30H28Cl2N2O3. The maximum atomic E-state index is 13.8. The monoisotopic (exact) mass is 534 g/mol. The van der Waals surface area contributed by atoms with E-state index in [4.69, 9.17) is 27.9 Å². The van der Waals surface area contributed by atoms with Crippen LogP contribution in [0.4, 0.5) is 0 Å². The van der Waals surface area contributed by atoms with Gasteiger partial charge < -0.3 is 15.0 Å². The first-order valence-electron chi connectivity index (χ1n) is 12.1. The van der Waals surface area contributed by atoms with E-state index in [1.807, 2.05) is 79.7 Å². The van der Waals surface area contributed by atoms with Crippen LogP contribution >= 0.6 is 23.2 Å². The van der Waals surface area contributed by atoms with Crippen molar-refractivity contribution in [3.63, 3.8) is 0 Å². The second kappa shape index (κ2) is 12.6. The second-order valence-corrected chi connectivity index (χ2v) is 9.40. The highest BCUT2D eigenvalue weighted by Gasteiger charge is 2.31. The summed E-state index contributed by atoms with van der Waals surface area (Å²) in [6, 6.07) is 27.5. The molecule has 0 aliphatic rings. The summed E-state index contributed by atoms with van der Waals surface area (Å²) in [6.07, 6.45) is 0.328. The van der Waals surface area contributed by atoms with Gasteiger partial charge in [0.25, 0.3) is 5.91 Å². The standard InChI is InChI=1S/C30H28Cl2N2O3/c1-2-33-30(36)27(18-21-10-4-3-5-11-21)34(19-24-25(31)15-9-16-26(24)32)29(35)20-37-28-17-8-13-22-12-6-7-14-23(22)28/h3-17,27H,2,18-20H2,1H3,(H,33,36)/t27-/m0/s1. The van der Waals surface area contributed by atoms with Gasteiger partial charge in [-0.25, -0.2) is 0 Å². The molecule has 0 aliphatic carbocycles. The van der Waals surface area contributed by atoms with E-state index in [1.54, 1.807) is 18.2 Å². The number of carbonyl (C=O) groups is 2. The molecule has 0 unspecified atom stereocenters. The SMILES string of the molecule is CCNC(=O)[C@H](Cc1ccccc1)N(Cc1c(Cl)cccc1Cl)C(=O)COc1cccc2ccccc12. The lowest BCUT2D eigenvalue weighted by Gasteiger charge is -2.32. The molecule has 5 nitrogen and oxygen atoms in total. The molecule has 4 aromatic carbocycles. The van der Waals surface area contributed by atoms with Crippen molar-refractivity contribution in [2.24, 2.45) is 0 Å². The molecule has 1 N–H and O–H groups in total.